The maximum absolute atomic E-state index is 13.4. The number of amides is 1. The summed E-state index contributed by atoms with van der Waals surface area (Å²) in [7, 11) is 0. The number of benzene rings is 1. The molecule has 3 rings (SSSR count). The van der Waals surface area contributed by atoms with Gasteiger partial charge >= 0.3 is 6.09 Å². The lowest BCUT2D eigenvalue weighted by Crippen LogP contribution is -2.29. The third-order valence-electron chi connectivity index (χ3n) is 2.96. The summed E-state index contributed by atoms with van der Waals surface area (Å²) >= 11 is 3.08. The average Bonchev–Trinajstić information content (AvgIpc) is 3.22. The highest BCUT2D eigenvalue weighted by Gasteiger charge is 2.31. The number of carboxylic acid groups (broad SMARTS) is 1. The average molecular weight is 417 g/mol. The van der Waals surface area contributed by atoms with E-state index in [4.69, 9.17) is 10.1 Å². The second kappa shape index (κ2) is 7.31. The number of halogens is 2. The van der Waals surface area contributed by atoms with Crippen molar-refractivity contribution in [3.63, 3.8) is 0 Å². The molecule has 1 aromatic heterocycles. The SMILES string of the molecule is O=C(O)NCCNc1nonc1C1=NOON1c1ccc(F)c(Br)c1. The fourth-order valence-corrected chi connectivity index (χ4v) is 2.24. The van der Waals surface area contributed by atoms with E-state index in [0.29, 0.717) is 5.69 Å². The van der Waals surface area contributed by atoms with Crippen molar-refractivity contribution in [1.82, 2.24) is 15.6 Å². The van der Waals surface area contributed by atoms with Crippen LogP contribution in [0.1, 0.15) is 5.69 Å². The predicted octanol–water partition coefficient (Wildman–Crippen LogP) is 1.70. The van der Waals surface area contributed by atoms with Crippen LogP contribution in [-0.4, -0.2) is 40.4 Å². The highest BCUT2D eigenvalue weighted by Crippen LogP contribution is 2.28. The molecule has 0 radical (unpaired) electrons. The lowest BCUT2D eigenvalue weighted by atomic mass is 10.3. The van der Waals surface area contributed by atoms with Gasteiger partial charge in [0.15, 0.2) is 5.69 Å². The van der Waals surface area contributed by atoms with Gasteiger partial charge in [0.2, 0.25) is 11.7 Å². The van der Waals surface area contributed by atoms with Gasteiger partial charge < -0.3 is 15.7 Å². The monoisotopic (exact) mass is 416 g/mol. The molecule has 0 atom stereocenters. The van der Waals surface area contributed by atoms with Crippen molar-refractivity contribution >= 4 is 39.4 Å². The van der Waals surface area contributed by atoms with Gasteiger partial charge in [0, 0.05) is 13.1 Å². The summed E-state index contributed by atoms with van der Waals surface area (Å²) in [6.45, 7) is 0.361. The van der Waals surface area contributed by atoms with E-state index >= 15 is 0 Å². The quantitative estimate of drug-likeness (QED) is 0.474. The van der Waals surface area contributed by atoms with Crippen LogP contribution in [0.2, 0.25) is 0 Å². The number of rotatable bonds is 6. The van der Waals surface area contributed by atoms with Gasteiger partial charge in [-0.1, -0.05) is 0 Å². The maximum atomic E-state index is 13.4. The molecule has 1 aliphatic heterocycles. The number of nitrogens with zero attached hydrogens (tertiary/aromatic N) is 4. The van der Waals surface area contributed by atoms with Gasteiger partial charge in [0.25, 0.3) is 0 Å². The molecule has 1 amide bonds. The minimum atomic E-state index is -1.14. The Morgan fingerprint density at radius 3 is 2.96 bits per heavy atom. The van der Waals surface area contributed by atoms with E-state index in [2.05, 4.69) is 51.6 Å². The zero-order valence-electron chi connectivity index (χ0n) is 12.3. The second-order valence-electron chi connectivity index (χ2n) is 4.58. The minimum absolute atomic E-state index is 0.105. The lowest BCUT2D eigenvalue weighted by Gasteiger charge is -2.14. The molecule has 0 fully saturated rings. The van der Waals surface area contributed by atoms with Crippen LogP contribution < -0.4 is 15.7 Å². The molecule has 3 N–H and O–H groups in total. The maximum Gasteiger partial charge on any atom is 0.404 e. The number of hydroxylamine groups is 1. The van der Waals surface area contributed by atoms with E-state index in [1.807, 2.05) is 0 Å². The van der Waals surface area contributed by atoms with Gasteiger partial charge in [-0.15, -0.1) is 0 Å². The van der Waals surface area contributed by atoms with Crippen LogP contribution in [0.4, 0.5) is 20.7 Å². The van der Waals surface area contributed by atoms with Crippen molar-refractivity contribution in [2.45, 2.75) is 0 Å². The van der Waals surface area contributed by atoms with Gasteiger partial charge in [0.05, 0.1) is 10.2 Å². The largest absolute Gasteiger partial charge is 0.465 e. The summed E-state index contributed by atoms with van der Waals surface area (Å²) in [6, 6.07) is 4.13. The number of carbonyl (C=O) groups is 1. The normalized spacial score (nSPS) is 13.4. The Labute approximate surface area is 147 Å². The zero-order chi connectivity index (χ0) is 17.8. The number of hydrogen-bond donors (Lipinski definition) is 3. The Morgan fingerprint density at radius 1 is 1.36 bits per heavy atom. The molecule has 0 saturated carbocycles. The number of oxime groups is 1. The van der Waals surface area contributed by atoms with E-state index in [1.54, 1.807) is 0 Å². The number of amidine groups is 1. The molecule has 0 bridgehead atoms. The molecule has 1 aromatic carbocycles. The first kappa shape index (κ1) is 16.9. The smallest absolute Gasteiger partial charge is 0.404 e. The van der Waals surface area contributed by atoms with Crippen LogP contribution >= 0.6 is 15.9 Å². The molecule has 0 spiro atoms. The van der Waals surface area contributed by atoms with E-state index in [0.717, 1.165) is 5.06 Å². The van der Waals surface area contributed by atoms with Gasteiger partial charge in [-0.3, -0.25) is 0 Å². The van der Waals surface area contributed by atoms with Crippen molar-refractivity contribution in [1.29, 1.82) is 0 Å². The third-order valence-corrected chi connectivity index (χ3v) is 3.56. The van der Waals surface area contributed by atoms with E-state index in [1.165, 1.54) is 18.2 Å². The fourth-order valence-electron chi connectivity index (χ4n) is 1.88. The molecule has 2 aromatic rings. The Bertz CT molecular complexity index is 815. The van der Waals surface area contributed by atoms with E-state index in [-0.39, 0.29) is 34.9 Å². The van der Waals surface area contributed by atoms with Gasteiger partial charge in [0.1, 0.15) is 5.82 Å². The molecule has 0 aliphatic carbocycles. The minimum Gasteiger partial charge on any atom is -0.465 e. The molecule has 0 saturated heterocycles. The summed E-state index contributed by atoms with van der Waals surface area (Å²) in [5, 5.41) is 25.8. The number of hydrogen-bond acceptors (Lipinski definition) is 9. The first-order valence-corrected chi connectivity index (χ1v) is 7.56. The van der Waals surface area contributed by atoms with Crippen LogP contribution in [0.5, 0.6) is 0 Å². The molecular formula is C12H10BrFN6O5. The van der Waals surface area contributed by atoms with E-state index < -0.39 is 11.9 Å². The third kappa shape index (κ3) is 3.77. The van der Waals surface area contributed by atoms with Crippen molar-refractivity contribution in [2.24, 2.45) is 5.16 Å². The summed E-state index contributed by atoms with van der Waals surface area (Å²) in [5.74, 6) is -0.140. The highest BCUT2D eigenvalue weighted by atomic mass is 79.9. The van der Waals surface area contributed by atoms with Crippen LogP contribution in [0.15, 0.2) is 32.5 Å². The van der Waals surface area contributed by atoms with E-state index in [9.17, 15) is 9.18 Å². The Hall–Kier alpha value is -2.93. The van der Waals surface area contributed by atoms with Crippen LogP contribution in [0.25, 0.3) is 0 Å². The Kier molecular flexibility index (Phi) is 4.95. The molecule has 0 unspecified atom stereocenters. The lowest BCUT2D eigenvalue weighted by molar-refractivity contribution is -0.276. The molecule has 132 valence electrons. The van der Waals surface area contributed by atoms with Crippen LogP contribution in [-0.2, 0) is 9.98 Å². The molecule has 1 aliphatic rings. The predicted molar refractivity (Wildman–Crippen MR) is 84.1 cm³/mol. The Morgan fingerprint density at radius 2 is 2.20 bits per heavy atom. The van der Waals surface area contributed by atoms with Gasteiger partial charge in [-0.05, 0) is 54.6 Å². The summed E-state index contributed by atoms with van der Waals surface area (Å²) in [4.78, 5) is 20.0. The summed E-state index contributed by atoms with van der Waals surface area (Å²) in [6.07, 6.45) is -1.14. The molecule has 11 nitrogen and oxygen atoms in total. The summed E-state index contributed by atoms with van der Waals surface area (Å²) < 4.78 is 18.3. The Balaban J connectivity index is 1.76. The summed E-state index contributed by atoms with van der Waals surface area (Å²) in [5.41, 5.74) is 0.569. The molecule has 25 heavy (non-hydrogen) atoms. The first-order valence-electron chi connectivity index (χ1n) is 6.77. The fraction of sp³-hybridized carbons (Fsp3) is 0.167. The van der Waals surface area contributed by atoms with Crippen molar-refractivity contribution in [2.75, 3.05) is 23.5 Å². The van der Waals surface area contributed by atoms with Gasteiger partial charge in [-0.2, -0.15) is 10.1 Å². The topological polar surface area (TPSA) is 134 Å². The van der Waals surface area contributed by atoms with Crippen molar-refractivity contribution in [3.05, 3.63) is 34.2 Å². The van der Waals surface area contributed by atoms with Gasteiger partial charge in [-0.25, -0.2) is 13.8 Å². The van der Waals surface area contributed by atoms with Crippen molar-refractivity contribution < 1.29 is 28.9 Å². The second-order valence-corrected chi connectivity index (χ2v) is 5.43. The molecular weight excluding hydrogens is 407 g/mol. The van der Waals surface area contributed by atoms with Crippen LogP contribution in [0.3, 0.4) is 0 Å². The number of anilines is 2. The first-order chi connectivity index (χ1) is 12.1. The zero-order valence-corrected chi connectivity index (χ0v) is 13.9. The molecule has 13 heteroatoms. The number of aromatic nitrogens is 2. The van der Waals surface area contributed by atoms with Crippen LogP contribution in [0, 0.1) is 5.82 Å². The highest BCUT2D eigenvalue weighted by molar-refractivity contribution is 9.10. The molecule has 2 heterocycles. The van der Waals surface area contributed by atoms with Crippen molar-refractivity contribution in [3.8, 4) is 0 Å². The number of nitrogens with one attached hydrogen (secondary N) is 2. The standard InChI is InChI=1S/C12H10BrFN6O5/c13-7-5-6(1-2-8(7)14)20-11(19-24-25-20)9-10(18-23-17-9)15-3-4-16-12(21)22/h1-2,5,16H,3-4H2,(H,15,18)(H,21,22).